The molecule has 0 aliphatic carbocycles. The monoisotopic (exact) mass is 504 g/mol. The van der Waals surface area contributed by atoms with Crippen LogP contribution in [0.1, 0.15) is 50.5 Å². The van der Waals surface area contributed by atoms with E-state index >= 15 is 0 Å². The van der Waals surface area contributed by atoms with Crippen LogP contribution in [0.2, 0.25) is 5.04 Å². The van der Waals surface area contributed by atoms with Crippen molar-refractivity contribution in [1.82, 2.24) is 0 Å². The fourth-order valence-corrected chi connectivity index (χ4v) is 4.14. The molecule has 5 nitrogen and oxygen atoms in total. The number of fused-ring (bicyclic) bond motifs is 1. The Morgan fingerprint density at radius 2 is 1.53 bits per heavy atom. The van der Waals surface area contributed by atoms with E-state index in [1.54, 1.807) is 0 Å². The maximum absolute atomic E-state index is 13.9. The van der Waals surface area contributed by atoms with Crippen LogP contribution in [0, 0.1) is 36.0 Å². The van der Waals surface area contributed by atoms with Gasteiger partial charge in [-0.2, -0.15) is 8.78 Å². The first kappa shape index (κ1) is 26.0. The average molecular weight is 505 g/mol. The van der Waals surface area contributed by atoms with E-state index in [1.165, 1.54) is 19.1 Å². The molecular formula is C23H25F5O5Si. The van der Waals surface area contributed by atoms with Gasteiger partial charge in [0, 0.05) is 5.56 Å². The lowest BCUT2D eigenvalue weighted by Gasteiger charge is -2.39. The maximum Gasteiger partial charge on any atom is 0.344 e. The molecule has 1 atom stereocenters. The summed E-state index contributed by atoms with van der Waals surface area (Å²) in [6.45, 7) is 11.6. The van der Waals surface area contributed by atoms with Gasteiger partial charge in [-0.15, -0.1) is 0 Å². The van der Waals surface area contributed by atoms with Gasteiger partial charge in [0.2, 0.25) is 34.8 Å². The topological polar surface area (TPSA) is 54.0 Å². The number of hydrogen-bond donors (Lipinski definition) is 0. The number of carbonyl (C=O) groups is 1. The van der Waals surface area contributed by atoms with Crippen molar-refractivity contribution in [1.29, 1.82) is 0 Å². The second-order valence-corrected chi connectivity index (χ2v) is 12.4. The Morgan fingerprint density at radius 1 is 0.971 bits per heavy atom. The number of benzene rings is 2. The molecule has 0 aromatic heterocycles. The molecule has 0 fully saturated rings. The SMILES string of the molecule is Cc1c(C(=O)Oc2c(F)c(F)c(F)c(F)c2F)ccc2c1O[C@H](C(C)(C)O[SiH2]C(C)(C)C)CO2. The molecule has 2 aromatic carbocycles. The quantitative estimate of drug-likeness (QED) is 0.141. The van der Waals surface area contributed by atoms with Gasteiger partial charge in [-0.3, -0.25) is 0 Å². The zero-order valence-electron chi connectivity index (χ0n) is 19.6. The fourth-order valence-electron chi connectivity index (χ4n) is 3.15. The predicted octanol–water partition coefficient (Wildman–Crippen LogP) is 5.15. The molecule has 2 aromatic rings. The van der Waals surface area contributed by atoms with Crippen LogP contribution in [0.4, 0.5) is 22.0 Å². The highest BCUT2D eigenvalue weighted by atomic mass is 28.2. The van der Waals surface area contributed by atoms with Crippen LogP contribution in [0.25, 0.3) is 0 Å². The number of hydrogen-bond acceptors (Lipinski definition) is 5. The highest BCUT2D eigenvalue weighted by Crippen LogP contribution is 2.40. The van der Waals surface area contributed by atoms with Crippen LogP contribution in [-0.4, -0.2) is 34.0 Å². The van der Waals surface area contributed by atoms with Crippen LogP contribution < -0.4 is 14.2 Å². The second kappa shape index (κ2) is 9.18. The zero-order chi connectivity index (χ0) is 25.6. The Bertz CT molecular complexity index is 1100. The van der Waals surface area contributed by atoms with E-state index in [-0.39, 0.29) is 28.5 Å². The normalized spacial score (nSPS) is 16.3. The Hall–Kier alpha value is -2.66. The number of esters is 1. The van der Waals surface area contributed by atoms with Crippen LogP contribution >= 0.6 is 0 Å². The van der Waals surface area contributed by atoms with Crippen molar-refractivity contribution in [2.24, 2.45) is 0 Å². The molecule has 1 heterocycles. The summed E-state index contributed by atoms with van der Waals surface area (Å²) in [6.07, 6.45) is -0.532. The van der Waals surface area contributed by atoms with Crippen LogP contribution in [0.15, 0.2) is 12.1 Å². The first-order chi connectivity index (χ1) is 15.6. The maximum atomic E-state index is 13.9. The van der Waals surface area contributed by atoms with Crippen LogP contribution in [0.3, 0.4) is 0 Å². The summed E-state index contributed by atoms with van der Waals surface area (Å²) in [5, 5.41) is 0.0431. The van der Waals surface area contributed by atoms with Crippen molar-refractivity contribution in [2.45, 2.75) is 58.3 Å². The molecule has 0 unspecified atom stereocenters. The molecule has 0 amide bonds. The van der Waals surface area contributed by atoms with Gasteiger partial charge in [-0.25, -0.2) is 18.0 Å². The molecule has 0 spiro atoms. The van der Waals surface area contributed by atoms with E-state index in [4.69, 9.17) is 13.9 Å². The highest BCUT2D eigenvalue weighted by molar-refractivity contribution is 6.31. The molecule has 0 N–H and O–H groups in total. The standard InChI is InChI=1S/C23H25F5O5Si/c1-10-11(21(29)32-20-17(27)15(25)14(24)16(26)18(20)28)7-8-12-19(10)31-13(9-30-12)23(5,6)33-34-22(2,3)4/h7-8,13H,9,34H2,1-6H3/t13-/m0/s1. The van der Waals surface area contributed by atoms with Gasteiger partial charge in [0.25, 0.3) is 0 Å². The number of ether oxygens (including phenoxy) is 3. The Balaban J connectivity index is 1.88. The van der Waals surface area contributed by atoms with E-state index in [0.29, 0.717) is 5.75 Å². The first-order valence-electron chi connectivity index (χ1n) is 10.4. The van der Waals surface area contributed by atoms with Crippen molar-refractivity contribution < 1.29 is 45.4 Å². The molecule has 186 valence electrons. The molecule has 0 saturated heterocycles. The minimum atomic E-state index is -2.35. The summed E-state index contributed by atoms with van der Waals surface area (Å²) in [5.74, 6) is -13.8. The minimum Gasteiger partial charge on any atom is -0.486 e. The van der Waals surface area contributed by atoms with Crippen molar-refractivity contribution in [3.05, 3.63) is 52.3 Å². The molecule has 11 heteroatoms. The summed E-state index contributed by atoms with van der Waals surface area (Å²) in [6, 6.07) is 2.64. The second-order valence-electron chi connectivity index (χ2n) is 9.72. The molecule has 1 aliphatic heterocycles. The molecular weight excluding hydrogens is 479 g/mol. The van der Waals surface area contributed by atoms with Crippen molar-refractivity contribution in [2.75, 3.05) is 6.61 Å². The van der Waals surface area contributed by atoms with Crippen molar-refractivity contribution in [3.63, 3.8) is 0 Å². The zero-order valence-corrected chi connectivity index (χ0v) is 21.0. The summed E-state index contributed by atoms with van der Waals surface area (Å²) >= 11 is 0. The average Bonchev–Trinajstić information content (AvgIpc) is 2.77. The lowest BCUT2D eigenvalue weighted by atomic mass is 10.0. The van der Waals surface area contributed by atoms with Gasteiger partial charge < -0.3 is 18.6 Å². The smallest absolute Gasteiger partial charge is 0.344 e. The molecule has 34 heavy (non-hydrogen) atoms. The highest BCUT2D eigenvalue weighted by Gasteiger charge is 2.38. The summed E-state index contributed by atoms with van der Waals surface area (Å²) < 4.78 is 90.6. The van der Waals surface area contributed by atoms with Crippen molar-refractivity contribution >= 4 is 15.7 Å². The molecule has 3 rings (SSSR count). The molecule has 0 bridgehead atoms. The Labute approximate surface area is 196 Å². The predicted molar refractivity (Wildman–Crippen MR) is 116 cm³/mol. The van der Waals surface area contributed by atoms with Gasteiger partial charge in [0.15, 0.2) is 27.4 Å². The van der Waals surface area contributed by atoms with Gasteiger partial charge in [-0.1, -0.05) is 20.8 Å². The third kappa shape index (κ3) is 5.04. The number of rotatable bonds is 5. The van der Waals surface area contributed by atoms with Crippen LogP contribution in [-0.2, 0) is 4.43 Å². The minimum absolute atomic E-state index is 0.0431. The Morgan fingerprint density at radius 3 is 2.09 bits per heavy atom. The summed E-state index contributed by atoms with van der Waals surface area (Å²) in [7, 11) is -0.925. The largest absolute Gasteiger partial charge is 0.486 e. The summed E-state index contributed by atoms with van der Waals surface area (Å²) in [5.41, 5.74) is -0.704. The van der Waals surface area contributed by atoms with Crippen LogP contribution in [0.5, 0.6) is 17.2 Å². The van der Waals surface area contributed by atoms with E-state index in [2.05, 4.69) is 25.5 Å². The third-order valence-corrected chi connectivity index (χ3v) is 7.01. The lowest BCUT2D eigenvalue weighted by molar-refractivity contribution is -0.0503. The van der Waals surface area contributed by atoms with E-state index in [9.17, 15) is 26.7 Å². The van der Waals surface area contributed by atoms with Gasteiger partial charge in [0.1, 0.15) is 6.61 Å². The third-order valence-electron chi connectivity index (χ3n) is 5.26. The first-order valence-corrected chi connectivity index (χ1v) is 11.7. The van der Waals surface area contributed by atoms with Gasteiger partial charge in [0.05, 0.1) is 11.2 Å². The van der Waals surface area contributed by atoms with E-state index < -0.39 is 62.3 Å². The number of halogens is 5. The van der Waals surface area contributed by atoms with Crippen molar-refractivity contribution in [3.8, 4) is 17.2 Å². The summed E-state index contributed by atoms with van der Waals surface area (Å²) in [4.78, 5) is 12.6. The number of carbonyl (C=O) groups excluding carboxylic acids is 1. The van der Waals surface area contributed by atoms with Gasteiger partial charge in [-0.05, 0) is 37.9 Å². The lowest BCUT2D eigenvalue weighted by Crippen LogP contribution is -2.49. The van der Waals surface area contributed by atoms with E-state index in [1.807, 2.05) is 13.8 Å². The molecule has 0 saturated carbocycles. The Kier molecular flexibility index (Phi) is 7.01. The van der Waals surface area contributed by atoms with E-state index in [0.717, 1.165) is 0 Å². The fraction of sp³-hybridized carbons (Fsp3) is 0.435. The van der Waals surface area contributed by atoms with Gasteiger partial charge >= 0.3 is 5.97 Å². The molecule has 1 aliphatic rings. The molecule has 0 radical (unpaired) electrons.